The molecule has 2 atom stereocenters. The predicted molar refractivity (Wildman–Crippen MR) is 68.3 cm³/mol. The first kappa shape index (κ1) is 14.8. The van der Waals surface area contributed by atoms with E-state index in [1.807, 2.05) is 0 Å². The Morgan fingerprint density at radius 1 is 1.61 bits per heavy atom. The topological polar surface area (TPSA) is 96.9 Å². The van der Waals surface area contributed by atoms with Crippen LogP contribution in [-0.4, -0.2) is 36.2 Å². The summed E-state index contributed by atoms with van der Waals surface area (Å²) in [6, 6.07) is 0. The number of oxime groups is 1. The van der Waals surface area contributed by atoms with Crippen molar-refractivity contribution in [3.05, 3.63) is 0 Å². The van der Waals surface area contributed by atoms with Gasteiger partial charge in [0.15, 0.2) is 5.84 Å². The van der Waals surface area contributed by atoms with Gasteiger partial charge in [-0.25, -0.2) is 0 Å². The summed E-state index contributed by atoms with van der Waals surface area (Å²) >= 11 is 0. The molecule has 1 fully saturated rings. The molecule has 2 unspecified atom stereocenters. The summed E-state index contributed by atoms with van der Waals surface area (Å²) in [7, 11) is 0. The van der Waals surface area contributed by atoms with Gasteiger partial charge in [-0.2, -0.15) is 0 Å². The summed E-state index contributed by atoms with van der Waals surface area (Å²) in [4.78, 5) is 12.0. The van der Waals surface area contributed by atoms with Crippen LogP contribution in [0.1, 0.15) is 33.6 Å². The number of rotatable bonds is 5. The zero-order chi connectivity index (χ0) is 13.8. The lowest BCUT2D eigenvalue weighted by atomic mass is 9.90. The van der Waals surface area contributed by atoms with Crippen LogP contribution in [0.15, 0.2) is 5.16 Å². The zero-order valence-corrected chi connectivity index (χ0v) is 11.3. The SMILES string of the molecule is CCC1OCCC1CNC(=O)C(C)(C)C(N)=NO. The smallest absolute Gasteiger partial charge is 0.233 e. The Bertz CT molecular complexity index is 329. The Morgan fingerprint density at radius 3 is 2.83 bits per heavy atom. The van der Waals surface area contributed by atoms with E-state index in [0.29, 0.717) is 12.5 Å². The molecule has 0 aromatic carbocycles. The molecule has 0 aromatic heterocycles. The van der Waals surface area contributed by atoms with E-state index >= 15 is 0 Å². The fraction of sp³-hybridized carbons (Fsp3) is 0.833. The molecule has 0 radical (unpaired) electrons. The molecule has 0 spiro atoms. The highest BCUT2D eigenvalue weighted by molar-refractivity contribution is 6.05. The number of carbonyl (C=O) groups excluding carboxylic acids is 1. The monoisotopic (exact) mass is 257 g/mol. The number of nitrogens with two attached hydrogens (primary N) is 1. The molecule has 1 heterocycles. The maximum absolute atomic E-state index is 12.0. The van der Waals surface area contributed by atoms with E-state index in [1.54, 1.807) is 13.8 Å². The number of ether oxygens (including phenoxy) is 1. The van der Waals surface area contributed by atoms with Crippen LogP contribution < -0.4 is 11.1 Å². The van der Waals surface area contributed by atoms with Crippen molar-refractivity contribution >= 4 is 11.7 Å². The molecule has 0 saturated carbocycles. The highest BCUT2D eigenvalue weighted by Gasteiger charge is 2.34. The molecule has 0 bridgehead atoms. The lowest BCUT2D eigenvalue weighted by molar-refractivity contribution is -0.126. The third-order valence-electron chi connectivity index (χ3n) is 3.59. The number of hydrogen-bond acceptors (Lipinski definition) is 4. The van der Waals surface area contributed by atoms with E-state index in [-0.39, 0.29) is 17.8 Å². The Morgan fingerprint density at radius 2 is 2.28 bits per heavy atom. The fourth-order valence-electron chi connectivity index (χ4n) is 2.06. The van der Waals surface area contributed by atoms with Crippen molar-refractivity contribution < 1.29 is 14.7 Å². The highest BCUT2D eigenvalue weighted by Crippen LogP contribution is 2.23. The third kappa shape index (κ3) is 3.13. The van der Waals surface area contributed by atoms with Crippen LogP contribution in [0.2, 0.25) is 0 Å². The van der Waals surface area contributed by atoms with Crippen molar-refractivity contribution in [1.82, 2.24) is 5.32 Å². The summed E-state index contributed by atoms with van der Waals surface area (Å²) in [5.74, 6) is 0.0244. The molecule has 104 valence electrons. The van der Waals surface area contributed by atoms with Crippen molar-refractivity contribution in [3.63, 3.8) is 0 Å². The van der Waals surface area contributed by atoms with Gasteiger partial charge in [0.2, 0.25) is 5.91 Å². The van der Waals surface area contributed by atoms with Crippen molar-refractivity contribution in [2.75, 3.05) is 13.2 Å². The summed E-state index contributed by atoms with van der Waals surface area (Å²) in [6.45, 7) is 6.65. The standard InChI is InChI=1S/C12H23N3O3/c1-4-9-8(5-6-18-9)7-14-11(16)12(2,3)10(13)15-17/h8-9,17H,4-7H2,1-3H3,(H2,13,15)(H,14,16). The molecule has 1 saturated heterocycles. The number of nitrogens with zero attached hydrogens (tertiary/aromatic N) is 1. The summed E-state index contributed by atoms with van der Waals surface area (Å²) in [5, 5.41) is 14.4. The second-order valence-corrected chi connectivity index (χ2v) is 5.19. The minimum Gasteiger partial charge on any atom is -0.409 e. The zero-order valence-electron chi connectivity index (χ0n) is 11.3. The van der Waals surface area contributed by atoms with Crippen LogP contribution in [0.5, 0.6) is 0 Å². The molecule has 1 aliphatic rings. The number of carbonyl (C=O) groups is 1. The van der Waals surface area contributed by atoms with Gasteiger partial charge in [0.05, 0.1) is 6.10 Å². The van der Waals surface area contributed by atoms with Gasteiger partial charge in [-0.1, -0.05) is 12.1 Å². The molecule has 4 N–H and O–H groups in total. The quantitative estimate of drug-likeness (QED) is 0.292. The van der Waals surface area contributed by atoms with Gasteiger partial charge in [-0.05, 0) is 26.7 Å². The molecule has 6 heteroatoms. The van der Waals surface area contributed by atoms with Crippen LogP contribution >= 0.6 is 0 Å². The van der Waals surface area contributed by atoms with Crippen molar-refractivity contribution in [2.24, 2.45) is 22.2 Å². The summed E-state index contributed by atoms with van der Waals surface area (Å²) in [5.41, 5.74) is 4.50. The first-order valence-electron chi connectivity index (χ1n) is 6.31. The van der Waals surface area contributed by atoms with E-state index in [0.717, 1.165) is 19.4 Å². The maximum atomic E-state index is 12.0. The summed E-state index contributed by atoms with van der Waals surface area (Å²) < 4.78 is 5.56. The Kier molecular flexibility index (Phi) is 4.95. The molecular weight excluding hydrogens is 234 g/mol. The molecule has 0 aliphatic carbocycles. The normalized spacial score (nSPS) is 25.2. The van der Waals surface area contributed by atoms with Gasteiger partial charge in [0, 0.05) is 19.1 Å². The second kappa shape index (κ2) is 6.04. The predicted octanol–water partition coefficient (Wildman–Crippen LogP) is 0.690. The molecular formula is C12H23N3O3. The third-order valence-corrected chi connectivity index (χ3v) is 3.59. The van der Waals surface area contributed by atoms with Crippen LogP contribution in [0.3, 0.4) is 0 Å². The lowest BCUT2D eigenvalue weighted by Crippen LogP contribution is -2.47. The molecule has 18 heavy (non-hydrogen) atoms. The van der Waals surface area contributed by atoms with Crippen LogP contribution in [-0.2, 0) is 9.53 Å². The van der Waals surface area contributed by atoms with Crippen molar-refractivity contribution in [3.8, 4) is 0 Å². The Labute approximate surface area is 108 Å². The molecule has 1 aliphatic heterocycles. The van der Waals surface area contributed by atoms with Crippen molar-refractivity contribution in [1.29, 1.82) is 0 Å². The first-order chi connectivity index (χ1) is 8.43. The van der Waals surface area contributed by atoms with E-state index in [1.165, 1.54) is 0 Å². The average molecular weight is 257 g/mol. The van der Waals surface area contributed by atoms with E-state index in [9.17, 15) is 4.79 Å². The first-order valence-corrected chi connectivity index (χ1v) is 6.31. The van der Waals surface area contributed by atoms with Crippen LogP contribution in [0.4, 0.5) is 0 Å². The fourth-order valence-corrected chi connectivity index (χ4v) is 2.06. The molecule has 1 amide bonds. The molecule has 0 aromatic rings. The van der Waals surface area contributed by atoms with Gasteiger partial charge >= 0.3 is 0 Å². The largest absolute Gasteiger partial charge is 0.409 e. The maximum Gasteiger partial charge on any atom is 0.233 e. The number of hydrogen-bond donors (Lipinski definition) is 3. The Hall–Kier alpha value is -1.30. The molecule has 1 rings (SSSR count). The minimum absolute atomic E-state index is 0.0882. The van der Waals surface area contributed by atoms with E-state index in [2.05, 4.69) is 17.4 Å². The van der Waals surface area contributed by atoms with Gasteiger partial charge in [0.25, 0.3) is 0 Å². The lowest BCUT2D eigenvalue weighted by Gasteiger charge is -2.24. The van der Waals surface area contributed by atoms with Gasteiger partial charge < -0.3 is 21.0 Å². The van der Waals surface area contributed by atoms with Crippen LogP contribution in [0, 0.1) is 11.3 Å². The number of amidine groups is 1. The van der Waals surface area contributed by atoms with Gasteiger partial charge in [0.1, 0.15) is 5.41 Å². The summed E-state index contributed by atoms with van der Waals surface area (Å²) in [6.07, 6.45) is 2.13. The average Bonchev–Trinajstić information content (AvgIpc) is 2.81. The Balaban J connectivity index is 2.51. The molecule has 6 nitrogen and oxygen atoms in total. The van der Waals surface area contributed by atoms with Crippen LogP contribution in [0.25, 0.3) is 0 Å². The number of amides is 1. The van der Waals surface area contributed by atoms with E-state index in [4.69, 9.17) is 15.7 Å². The van der Waals surface area contributed by atoms with Crippen molar-refractivity contribution in [2.45, 2.75) is 39.7 Å². The highest BCUT2D eigenvalue weighted by atomic mass is 16.5. The van der Waals surface area contributed by atoms with Gasteiger partial charge in [-0.3, -0.25) is 4.79 Å². The van der Waals surface area contributed by atoms with E-state index < -0.39 is 5.41 Å². The minimum atomic E-state index is -1.00. The number of nitrogens with one attached hydrogen (secondary N) is 1. The van der Waals surface area contributed by atoms with Gasteiger partial charge in [-0.15, -0.1) is 0 Å². The second-order valence-electron chi connectivity index (χ2n) is 5.19.